The van der Waals surface area contributed by atoms with Crippen LogP contribution in [0.4, 0.5) is 0 Å². The lowest BCUT2D eigenvalue weighted by Gasteiger charge is -2.26. The molecular formula is C42H46Cl2N4O6. The van der Waals surface area contributed by atoms with Crippen LogP contribution < -0.4 is 19.5 Å². The van der Waals surface area contributed by atoms with Gasteiger partial charge in [0.1, 0.15) is 41.6 Å². The number of rotatable bonds is 17. The van der Waals surface area contributed by atoms with E-state index < -0.39 is 11.5 Å². The topological polar surface area (TPSA) is 137 Å². The van der Waals surface area contributed by atoms with E-state index in [-0.39, 0.29) is 32.3 Å². The van der Waals surface area contributed by atoms with Crippen LogP contribution in [-0.4, -0.2) is 64.5 Å². The molecule has 2 aliphatic rings. The third-order valence-electron chi connectivity index (χ3n) is 10.2. The van der Waals surface area contributed by atoms with Gasteiger partial charge < -0.3 is 29.3 Å². The molecule has 1 aromatic heterocycles. The van der Waals surface area contributed by atoms with Crippen LogP contribution in [0, 0.1) is 11.3 Å². The number of carboxylic acids is 1. The van der Waals surface area contributed by atoms with Crippen molar-refractivity contribution in [3.8, 4) is 34.4 Å². The predicted molar refractivity (Wildman–Crippen MR) is 208 cm³/mol. The number of ether oxygens (including phenoxy) is 3. The number of carbonyl (C=O) groups is 1. The molecule has 2 atom stereocenters. The van der Waals surface area contributed by atoms with Gasteiger partial charge in [-0.2, -0.15) is 5.26 Å². The first-order valence-electron chi connectivity index (χ1n) is 18.5. The quantitative estimate of drug-likeness (QED) is 0.0903. The second kappa shape index (κ2) is 18.3. The second-order valence-corrected chi connectivity index (χ2v) is 14.9. The molecule has 12 heteroatoms. The lowest BCUT2D eigenvalue weighted by atomic mass is 9.96. The van der Waals surface area contributed by atoms with Gasteiger partial charge in [-0.25, -0.2) is 0 Å². The molecule has 0 amide bonds. The minimum atomic E-state index is -1.38. The van der Waals surface area contributed by atoms with Crippen LogP contribution >= 0.6 is 23.2 Å². The van der Waals surface area contributed by atoms with Crippen LogP contribution in [0.3, 0.4) is 0 Å². The largest absolute Gasteiger partial charge is 0.492 e. The van der Waals surface area contributed by atoms with Crippen LogP contribution in [-0.2, 0) is 24.4 Å². The summed E-state index contributed by atoms with van der Waals surface area (Å²) >= 11 is 13.9. The normalized spacial score (nSPS) is 16.6. The zero-order chi connectivity index (χ0) is 38.1. The number of benzene rings is 3. The van der Waals surface area contributed by atoms with Gasteiger partial charge in [-0.3, -0.25) is 15.1 Å². The van der Waals surface area contributed by atoms with E-state index >= 15 is 0 Å². The lowest BCUT2D eigenvalue weighted by Crippen LogP contribution is -2.49. The first-order valence-corrected chi connectivity index (χ1v) is 19.3. The van der Waals surface area contributed by atoms with E-state index in [4.69, 9.17) is 37.4 Å². The SMILES string of the molecule is CC(CCO)(NCc1cc(Cl)c(O[C@H]2CCc3c(-c4cccc(OCCCN5CCCCC5)c4Cl)cccc32)cc1OCc1cncc(C#N)c1)C(=O)O. The Hall–Kier alpha value is -4.37. The van der Waals surface area contributed by atoms with E-state index in [0.29, 0.717) is 50.6 Å². The Bertz CT molecular complexity index is 1980. The molecule has 284 valence electrons. The highest BCUT2D eigenvalue weighted by Gasteiger charge is 2.33. The van der Waals surface area contributed by atoms with Crippen molar-refractivity contribution in [3.05, 3.63) is 105 Å². The van der Waals surface area contributed by atoms with Gasteiger partial charge in [-0.1, -0.05) is 60.0 Å². The molecule has 1 aliphatic heterocycles. The van der Waals surface area contributed by atoms with Crippen LogP contribution in [0.1, 0.15) is 79.4 Å². The van der Waals surface area contributed by atoms with E-state index in [2.05, 4.69) is 33.4 Å². The van der Waals surface area contributed by atoms with Gasteiger partial charge in [-0.05, 0) is 93.4 Å². The molecule has 3 N–H and O–H groups in total. The molecule has 0 spiro atoms. The summed E-state index contributed by atoms with van der Waals surface area (Å²) in [5, 5.41) is 32.7. The molecule has 10 nitrogen and oxygen atoms in total. The fourth-order valence-corrected chi connectivity index (χ4v) is 7.65. The molecule has 0 bridgehead atoms. The third kappa shape index (κ3) is 9.46. The van der Waals surface area contributed by atoms with Crippen molar-refractivity contribution in [2.75, 3.05) is 32.8 Å². The van der Waals surface area contributed by atoms with E-state index in [0.717, 1.165) is 48.1 Å². The number of aromatic nitrogens is 1. The number of carboxylic acid groups (broad SMARTS) is 1. The Morgan fingerprint density at radius 3 is 2.61 bits per heavy atom. The lowest BCUT2D eigenvalue weighted by molar-refractivity contribution is -0.145. The molecule has 54 heavy (non-hydrogen) atoms. The van der Waals surface area contributed by atoms with E-state index in [1.54, 1.807) is 24.4 Å². The Labute approximate surface area is 326 Å². The van der Waals surface area contributed by atoms with Crippen molar-refractivity contribution in [1.29, 1.82) is 5.26 Å². The van der Waals surface area contributed by atoms with E-state index in [1.165, 1.54) is 45.5 Å². The summed E-state index contributed by atoms with van der Waals surface area (Å²) in [6.07, 6.45) is 9.12. The maximum atomic E-state index is 12.1. The van der Waals surface area contributed by atoms with Crippen LogP contribution in [0.15, 0.2) is 67.0 Å². The van der Waals surface area contributed by atoms with Crippen molar-refractivity contribution < 1.29 is 29.2 Å². The number of aliphatic hydroxyl groups is 1. The van der Waals surface area contributed by atoms with Gasteiger partial charge in [0.05, 0.1) is 22.2 Å². The zero-order valence-corrected chi connectivity index (χ0v) is 32.0. The number of hydrogen-bond donors (Lipinski definition) is 3. The fourth-order valence-electron chi connectivity index (χ4n) is 7.14. The smallest absolute Gasteiger partial charge is 0.323 e. The number of halogens is 2. The monoisotopic (exact) mass is 772 g/mol. The molecule has 6 rings (SSSR count). The van der Waals surface area contributed by atoms with Gasteiger partial charge in [0.15, 0.2) is 0 Å². The number of fused-ring (bicyclic) bond motifs is 1. The number of hydrogen-bond acceptors (Lipinski definition) is 9. The summed E-state index contributed by atoms with van der Waals surface area (Å²) in [7, 11) is 0. The van der Waals surface area contributed by atoms with Crippen LogP contribution in [0.2, 0.25) is 10.0 Å². The number of nitrogens with one attached hydrogen (secondary N) is 1. The molecule has 2 heterocycles. The number of pyridine rings is 1. The highest BCUT2D eigenvalue weighted by Crippen LogP contribution is 2.45. The molecule has 3 aromatic carbocycles. The molecule has 1 fully saturated rings. The minimum absolute atomic E-state index is 0.00450. The molecular weight excluding hydrogens is 727 g/mol. The van der Waals surface area contributed by atoms with Gasteiger partial charge in [0.25, 0.3) is 0 Å². The average Bonchev–Trinajstić information content (AvgIpc) is 3.60. The number of nitriles is 1. The van der Waals surface area contributed by atoms with Crippen LogP contribution in [0.5, 0.6) is 17.2 Å². The van der Waals surface area contributed by atoms with Crippen LogP contribution in [0.25, 0.3) is 11.1 Å². The highest BCUT2D eigenvalue weighted by atomic mass is 35.5. The maximum absolute atomic E-state index is 12.1. The fraction of sp³-hybridized carbons (Fsp3) is 0.405. The second-order valence-electron chi connectivity index (χ2n) is 14.1. The third-order valence-corrected chi connectivity index (χ3v) is 10.9. The van der Waals surface area contributed by atoms with Gasteiger partial charge in [0.2, 0.25) is 0 Å². The molecule has 1 unspecified atom stereocenters. The molecule has 4 aromatic rings. The highest BCUT2D eigenvalue weighted by molar-refractivity contribution is 6.35. The summed E-state index contributed by atoms with van der Waals surface area (Å²) in [5.74, 6) is 0.428. The summed E-state index contributed by atoms with van der Waals surface area (Å²) < 4.78 is 19.1. The summed E-state index contributed by atoms with van der Waals surface area (Å²) in [6.45, 7) is 5.38. The van der Waals surface area contributed by atoms with Gasteiger partial charge in [0, 0.05) is 54.8 Å². The Morgan fingerprint density at radius 1 is 1.04 bits per heavy atom. The van der Waals surface area contributed by atoms with Gasteiger partial charge in [-0.15, -0.1) is 0 Å². The number of aliphatic hydroxyl groups excluding tert-OH is 1. The number of piperidine rings is 1. The molecule has 1 aliphatic carbocycles. The average molecular weight is 774 g/mol. The Morgan fingerprint density at radius 2 is 1.83 bits per heavy atom. The number of nitrogens with zero attached hydrogens (tertiary/aromatic N) is 3. The number of aliphatic carboxylic acids is 1. The Balaban J connectivity index is 1.21. The summed E-state index contributed by atoms with van der Waals surface area (Å²) in [6, 6.07) is 19.3. The number of likely N-dealkylation sites (tertiary alicyclic amines) is 1. The van der Waals surface area contributed by atoms with E-state index in [9.17, 15) is 20.3 Å². The Kier molecular flexibility index (Phi) is 13.3. The van der Waals surface area contributed by atoms with E-state index in [1.807, 2.05) is 24.3 Å². The molecule has 0 radical (unpaired) electrons. The first-order chi connectivity index (χ1) is 26.2. The standard InChI is InChI=1S/C42H46Cl2N4O6/c1-42(14-18-49,41(50)51)47-26-30-21-35(43)39(22-38(30)53-27-29-20-28(23-45)24-46-25-29)54-36-13-12-32-31(8-5-9-33(32)36)34-10-6-11-37(40(34)44)52-19-7-17-48-15-3-2-4-16-48/h5-6,8-11,20-22,24-25,36,47,49H,2-4,7,12-19,26-27H2,1H3,(H,50,51)/t36-,42?/m0/s1. The maximum Gasteiger partial charge on any atom is 0.323 e. The summed E-state index contributed by atoms with van der Waals surface area (Å²) in [4.78, 5) is 18.7. The first kappa shape index (κ1) is 39.3. The van der Waals surface area contributed by atoms with Crippen molar-refractivity contribution in [2.45, 2.75) is 76.7 Å². The predicted octanol–water partition coefficient (Wildman–Crippen LogP) is 8.14. The van der Waals surface area contributed by atoms with Crippen molar-refractivity contribution in [3.63, 3.8) is 0 Å². The summed E-state index contributed by atoms with van der Waals surface area (Å²) in [5.41, 5.74) is 4.45. The van der Waals surface area contributed by atoms with Crippen molar-refractivity contribution in [1.82, 2.24) is 15.2 Å². The molecule has 0 saturated carbocycles. The molecule has 1 saturated heterocycles. The minimum Gasteiger partial charge on any atom is -0.492 e. The van der Waals surface area contributed by atoms with Crippen molar-refractivity contribution in [2.24, 2.45) is 0 Å². The van der Waals surface area contributed by atoms with Crippen molar-refractivity contribution >= 4 is 29.2 Å². The zero-order valence-electron chi connectivity index (χ0n) is 30.5. The van der Waals surface area contributed by atoms with Gasteiger partial charge >= 0.3 is 5.97 Å².